The van der Waals surface area contributed by atoms with Gasteiger partial charge in [-0.2, -0.15) is 26.3 Å². The minimum Gasteiger partial charge on any atom is -0.444 e. The van der Waals surface area contributed by atoms with Crippen LogP contribution in [0.5, 0.6) is 0 Å². The Morgan fingerprint density at radius 2 is 1.08 bits per heavy atom. The molecule has 63 heavy (non-hydrogen) atoms. The molecule has 0 radical (unpaired) electrons. The summed E-state index contributed by atoms with van der Waals surface area (Å²) in [4.78, 5) is 26.9. The number of hydrogen-bond acceptors (Lipinski definition) is 7. The van der Waals surface area contributed by atoms with E-state index in [-0.39, 0.29) is 30.0 Å². The first-order valence-electron chi connectivity index (χ1n) is 21.4. The Morgan fingerprint density at radius 1 is 0.635 bits per heavy atom. The van der Waals surface area contributed by atoms with E-state index in [9.17, 15) is 31.1 Å². The van der Waals surface area contributed by atoms with Crippen LogP contribution >= 0.6 is 0 Å². The van der Waals surface area contributed by atoms with Crippen LogP contribution in [-0.2, 0) is 30.2 Å². The van der Waals surface area contributed by atoms with E-state index in [0.717, 1.165) is 26.2 Å². The number of amides is 1. The number of halogens is 6. The topological polar surface area (TPSA) is 82.6 Å². The Hall–Kier alpha value is -5.45. The lowest BCUT2D eigenvalue weighted by Gasteiger charge is -2.26. The molecule has 1 amide bonds. The van der Waals surface area contributed by atoms with Crippen LogP contribution in [0.1, 0.15) is 43.0 Å². The summed E-state index contributed by atoms with van der Waals surface area (Å²) in [7, 11) is 0. The lowest BCUT2D eigenvalue weighted by atomic mass is 10.0. The number of nitrogens with zero attached hydrogens (tertiary/aromatic N) is 7. The molecule has 0 aliphatic carbocycles. The van der Waals surface area contributed by atoms with E-state index in [1.807, 2.05) is 67.8 Å². The molecule has 4 aliphatic rings. The summed E-state index contributed by atoms with van der Waals surface area (Å²) in [6.45, 7) is 12.2. The van der Waals surface area contributed by atoms with Gasteiger partial charge in [0.15, 0.2) is 0 Å². The monoisotopic (exact) mass is 872 g/mol. The summed E-state index contributed by atoms with van der Waals surface area (Å²) in [5.41, 5.74) is 2.57. The molecule has 4 unspecified atom stereocenters. The molecule has 16 heteroatoms. The Labute approximate surface area is 361 Å². The molecule has 4 fully saturated rings. The van der Waals surface area contributed by atoms with Gasteiger partial charge in [-0.1, -0.05) is 36.4 Å². The molecule has 4 saturated heterocycles. The van der Waals surface area contributed by atoms with Crippen LogP contribution in [-0.4, -0.2) is 97.5 Å². The number of imidazole rings is 2. The molecule has 2 aromatic carbocycles. The lowest BCUT2D eigenvalue weighted by molar-refractivity contribution is -0.139. The number of alkyl halides is 6. The zero-order valence-corrected chi connectivity index (χ0v) is 35.3. The van der Waals surface area contributed by atoms with E-state index in [0.29, 0.717) is 83.9 Å². The van der Waals surface area contributed by atoms with Crippen LogP contribution in [0.25, 0.3) is 33.8 Å². The Bertz CT molecular complexity index is 2590. The maximum Gasteiger partial charge on any atom is 0.416 e. The molecule has 1 N–H and O–H groups in total. The SMILES string of the molecule is CC(C)(C)OC(=O)N1CC2CN(Cc3ccc(-c4cnc5ccccn45)cc3C(F)(F)F)CC2C1.FC(F)(F)c1cc(-c2cnc3ccccn23)ccc1CN1CC2CNCC2C1. The van der Waals surface area contributed by atoms with Gasteiger partial charge in [-0.3, -0.25) is 18.6 Å². The van der Waals surface area contributed by atoms with E-state index in [4.69, 9.17) is 4.74 Å². The first kappa shape index (κ1) is 42.8. The number of hydrogen-bond donors (Lipinski definition) is 1. The van der Waals surface area contributed by atoms with Crippen molar-refractivity contribution in [2.24, 2.45) is 23.7 Å². The summed E-state index contributed by atoms with van der Waals surface area (Å²) in [5, 5.41) is 3.37. The third kappa shape index (κ3) is 9.16. The van der Waals surface area contributed by atoms with E-state index in [1.54, 1.807) is 52.2 Å². The number of rotatable bonds is 6. The second-order valence-electron chi connectivity index (χ2n) is 18.4. The largest absolute Gasteiger partial charge is 0.444 e. The summed E-state index contributed by atoms with van der Waals surface area (Å²) >= 11 is 0. The maximum atomic E-state index is 14.1. The molecule has 4 aliphatic heterocycles. The number of benzene rings is 2. The number of fused-ring (bicyclic) bond motifs is 4. The minimum absolute atomic E-state index is 0.224. The van der Waals surface area contributed by atoms with Gasteiger partial charge in [0, 0.05) is 75.9 Å². The van der Waals surface area contributed by atoms with Gasteiger partial charge in [-0.15, -0.1) is 0 Å². The van der Waals surface area contributed by atoms with Crippen molar-refractivity contribution in [3.63, 3.8) is 0 Å². The van der Waals surface area contributed by atoms with Gasteiger partial charge < -0.3 is 15.0 Å². The second kappa shape index (κ2) is 16.6. The van der Waals surface area contributed by atoms with Gasteiger partial charge in [0.25, 0.3) is 0 Å². The minimum atomic E-state index is -4.46. The average Bonchev–Trinajstić information content (AvgIpc) is 4.08. The molecule has 10 rings (SSSR count). The Balaban J connectivity index is 0.000000164. The van der Waals surface area contributed by atoms with Crippen LogP contribution in [0.4, 0.5) is 31.1 Å². The number of pyridine rings is 2. The van der Waals surface area contributed by atoms with Gasteiger partial charge in [-0.25, -0.2) is 14.8 Å². The first-order chi connectivity index (χ1) is 30.0. The van der Waals surface area contributed by atoms with Crippen LogP contribution in [0.15, 0.2) is 97.6 Å². The van der Waals surface area contributed by atoms with Crippen molar-refractivity contribution in [2.75, 3.05) is 52.4 Å². The van der Waals surface area contributed by atoms with Crippen molar-refractivity contribution >= 4 is 17.4 Å². The highest BCUT2D eigenvalue weighted by Crippen LogP contribution is 2.40. The number of carbonyl (C=O) groups is 1. The highest BCUT2D eigenvalue weighted by Gasteiger charge is 2.44. The number of aromatic nitrogens is 4. The zero-order chi connectivity index (χ0) is 44.3. The van der Waals surface area contributed by atoms with Gasteiger partial charge in [-0.05, 0) is 105 Å². The predicted octanol–water partition coefficient (Wildman–Crippen LogP) is 8.99. The van der Waals surface area contributed by atoms with Gasteiger partial charge in [0.2, 0.25) is 0 Å². The number of nitrogens with one attached hydrogen (secondary N) is 1. The van der Waals surface area contributed by atoms with E-state index >= 15 is 0 Å². The molecular weight excluding hydrogens is 823 g/mol. The molecule has 6 aromatic rings. The van der Waals surface area contributed by atoms with Crippen molar-refractivity contribution in [3.8, 4) is 22.5 Å². The second-order valence-corrected chi connectivity index (χ2v) is 18.4. The number of ether oxygens (including phenoxy) is 1. The standard InChI is InChI=1S/C26H29F3N4O2.C21H21F3N4/c1-25(2,3)35-24(34)32-15-19-13-31(14-20(19)16-32)12-18-8-7-17(10-21(18)26(27,28)29)22-11-30-23-6-4-5-9-33(22)23;22-21(23,24)18-7-14(19-10-26-20-3-1-2-6-28(19)20)4-5-15(18)11-27-12-16-8-25-9-17(16)13-27/h4-11,19-20H,12-16H2,1-3H3;1-7,10,16-17,25H,8-9,11-13H2. The molecular formula is C47H50F6N8O2. The quantitative estimate of drug-likeness (QED) is 0.168. The lowest BCUT2D eigenvalue weighted by Crippen LogP contribution is -2.37. The fraction of sp³-hybridized carbons (Fsp3) is 0.426. The van der Waals surface area contributed by atoms with Gasteiger partial charge >= 0.3 is 18.4 Å². The molecule has 8 heterocycles. The summed E-state index contributed by atoms with van der Waals surface area (Å²) in [6, 6.07) is 20.2. The third-order valence-corrected chi connectivity index (χ3v) is 12.7. The Kier molecular flexibility index (Phi) is 11.3. The third-order valence-electron chi connectivity index (χ3n) is 12.7. The molecule has 10 nitrogen and oxygen atoms in total. The summed E-state index contributed by atoms with van der Waals surface area (Å²) in [5.74, 6) is 1.61. The van der Waals surface area contributed by atoms with Gasteiger partial charge in [0.1, 0.15) is 16.9 Å². The smallest absolute Gasteiger partial charge is 0.416 e. The van der Waals surface area contributed by atoms with Crippen molar-refractivity contribution in [1.29, 1.82) is 0 Å². The van der Waals surface area contributed by atoms with Crippen molar-refractivity contribution in [1.82, 2.24) is 38.8 Å². The van der Waals surface area contributed by atoms with Crippen molar-refractivity contribution < 1.29 is 35.9 Å². The van der Waals surface area contributed by atoms with E-state index in [1.165, 1.54) is 12.1 Å². The highest BCUT2D eigenvalue weighted by atomic mass is 19.4. The fourth-order valence-electron chi connectivity index (χ4n) is 9.83. The predicted molar refractivity (Wildman–Crippen MR) is 226 cm³/mol. The molecule has 4 atom stereocenters. The summed E-state index contributed by atoms with van der Waals surface area (Å²) in [6.07, 6.45) is -2.33. The number of likely N-dealkylation sites (tertiary alicyclic amines) is 3. The highest BCUT2D eigenvalue weighted by molar-refractivity contribution is 5.69. The zero-order valence-electron chi connectivity index (χ0n) is 35.3. The molecule has 332 valence electrons. The maximum absolute atomic E-state index is 14.1. The molecule has 0 bridgehead atoms. The van der Waals surface area contributed by atoms with Crippen LogP contribution in [0.2, 0.25) is 0 Å². The van der Waals surface area contributed by atoms with E-state index < -0.39 is 29.1 Å². The van der Waals surface area contributed by atoms with Crippen LogP contribution < -0.4 is 5.32 Å². The van der Waals surface area contributed by atoms with Crippen LogP contribution in [0, 0.1) is 23.7 Å². The average molecular weight is 873 g/mol. The van der Waals surface area contributed by atoms with Gasteiger partial charge in [0.05, 0.1) is 34.9 Å². The van der Waals surface area contributed by atoms with Crippen molar-refractivity contribution in [3.05, 3.63) is 120 Å². The fourth-order valence-corrected chi connectivity index (χ4v) is 9.83. The first-order valence-corrected chi connectivity index (χ1v) is 21.4. The number of carbonyl (C=O) groups excluding carboxylic acids is 1. The molecule has 0 spiro atoms. The van der Waals surface area contributed by atoms with E-state index in [2.05, 4.69) is 25.1 Å². The van der Waals surface area contributed by atoms with Crippen molar-refractivity contribution in [2.45, 2.75) is 51.8 Å². The molecule has 0 saturated carbocycles. The summed E-state index contributed by atoms with van der Waals surface area (Å²) < 4.78 is 92.8. The molecule has 4 aromatic heterocycles. The Morgan fingerprint density at radius 3 is 1.51 bits per heavy atom. The van der Waals surface area contributed by atoms with Crippen LogP contribution in [0.3, 0.4) is 0 Å². The normalized spacial score (nSPS) is 21.8.